The third-order valence-corrected chi connectivity index (χ3v) is 3.14. The molecule has 0 aliphatic carbocycles. The fraction of sp³-hybridized carbons (Fsp3) is 0.231. The van der Waals surface area contributed by atoms with Gasteiger partial charge in [0.1, 0.15) is 22.1 Å². The van der Waals surface area contributed by atoms with Crippen LogP contribution in [0.1, 0.15) is 19.2 Å². The summed E-state index contributed by atoms with van der Waals surface area (Å²) in [6.45, 7) is 2.06. The van der Waals surface area contributed by atoms with Crippen molar-refractivity contribution in [2.75, 3.05) is 5.32 Å². The predicted molar refractivity (Wildman–Crippen MR) is 78.4 cm³/mol. The predicted octanol–water partition coefficient (Wildman–Crippen LogP) is 4.73. The topological polar surface area (TPSA) is 37.8 Å². The lowest BCUT2D eigenvalue weighted by molar-refractivity contribution is 0.628. The Morgan fingerprint density at radius 3 is 2.84 bits per heavy atom. The number of hydrogen-bond acceptors (Lipinski definition) is 3. The zero-order valence-corrected chi connectivity index (χ0v) is 12.6. The Labute approximate surface area is 124 Å². The summed E-state index contributed by atoms with van der Waals surface area (Å²) in [5.74, 6) is 0.957. The molecule has 0 saturated heterocycles. The van der Waals surface area contributed by atoms with Crippen LogP contribution in [-0.4, -0.2) is 9.97 Å². The van der Waals surface area contributed by atoms with Gasteiger partial charge in [-0.3, -0.25) is 0 Å². The van der Waals surface area contributed by atoms with E-state index in [1.54, 1.807) is 6.07 Å². The molecule has 0 amide bonds. The number of anilines is 2. The summed E-state index contributed by atoms with van der Waals surface area (Å²) in [6, 6.07) is 5.87. The van der Waals surface area contributed by atoms with Gasteiger partial charge in [-0.15, -0.1) is 0 Å². The number of benzene rings is 1. The number of nitrogens with one attached hydrogen (secondary N) is 1. The minimum absolute atomic E-state index is 0.353. The zero-order valence-electron chi connectivity index (χ0n) is 10.3. The summed E-state index contributed by atoms with van der Waals surface area (Å²) in [4.78, 5) is 8.62. The molecule has 0 aliphatic rings. The molecule has 0 radical (unpaired) electrons. The first kappa shape index (κ1) is 14.2. The fourth-order valence-electron chi connectivity index (χ4n) is 1.60. The minimum atomic E-state index is -0.353. The van der Waals surface area contributed by atoms with E-state index in [9.17, 15) is 4.39 Å². The number of aromatic nitrogens is 2. The Morgan fingerprint density at radius 2 is 2.11 bits per heavy atom. The van der Waals surface area contributed by atoms with E-state index in [0.717, 1.165) is 18.7 Å². The highest BCUT2D eigenvalue weighted by molar-refractivity contribution is 9.10. The van der Waals surface area contributed by atoms with Crippen molar-refractivity contribution < 1.29 is 4.39 Å². The first-order chi connectivity index (χ1) is 9.08. The molecule has 0 spiro atoms. The molecule has 0 unspecified atom stereocenters. The van der Waals surface area contributed by atoms with Crippen LogP contribution >= 0.6 is 27.5 Å². The lowest BCUT2D eigenvalue weighted by Gasteiger charge is -2.09. The van der Waals surface area contributed by atoms with E-state index in [1.807, 2.05) is 0 Å². The summed E-state index contributed by atoms with van der Waals surface area (Å²) >= 11 is 9.33. The van der Waals surface area contributed by atoms with Gasteiger partial charge in [0.25, 0.3) is 0 Å². The van der Waals surface area contributed by atoms with Crippen LogP contribution in [0.5, 0.6) is 0 Å². The minimum Gasteiger partial charge on any atom is -0.339 e. The quantitative estimate of drug-likeness (QED) is 0.815. The lowest BCUT2D eigenvalue weighted by Crippen LogP contribution is -2.01. The molecule has 100 valence electrons. The molecule has 19 heavy (non-hydrogen) atoms. The molecule has 2 aromatic rings. The van der Waals surface area contributed by atoms with E-state index >= 15 is 0 Å². The van der Waals surface area contributed by atoms with Crippen molar-refractivity contribution in [2.45, 2.75) is 19.8 Å². The van der Waals surface area contributed by atoms with E-state index in [1.165, 1.54) is 18.2 Å². The van der Waals surface area contributed by atoms with E-state index in [-0.39, 0.29) is 5.82 Å². The standard InChI is InChI=1S/C13H12BrClFN3/c1-2-3-12-18-11(14)7-13(19-12)17-10-6-8(16)4-5-9(10)15/h4-7H,2-3H2,1H3,(H,17,18,19). The van der Waals surface area contributed by atoms with Crippen molar-refractivity contribution >= 4 is 39.0 Å². The number of halogens is 3. The lowest BCUT2D eigenvalue weighted by atomic mass is 10.3. The average molecular weight is 345 g/mol. The zero-order chi connectivity index (χ0) is 13.8. The van der Waals surface area contributed by atoms with Crippen molar-refractivity contribution in [1.82, 2.24) is 9.97 Å². The van der Waals surface area contributed by atoms with E-state index < -0.39 is 0 Å². The number of aryl methyl sites for hydroxylation is 1. The van der Waals surface area contributed by atoms with Gasteiger partial charge in [-0.25, -0.2) is 14.4 Å². The molecule has 1 aromatic heterocycles. The first-order valence-corrected chi connectivity index (χ1v) is 7.01. The van der Waals surface area contributed by atoms with Crippen LogP contribution in [0.4, 0.5) is 15.9 Å². The molecule has 0 bridgehead atoms. The number of nitrogens with zero attached hydrogens (tertiary/aromatic N) is 2. The normalized spacial score (nSPS) is 10.5. The molecular weight excluding hydrogens is 333 g/mol. The number of rotatable bonds is 4. The molecule has 0 atom stereocenters. The molecule has 0 saturated carbocycles. The highest BCUT2D eigenvalue weighted by atomic mass is 79.9. The smallest absolute Gasteiger partial charge is 0.135 e. The second-order valence-corrected chi connectivity index (χ2v) is 5.21. The molecule has 1 N–H and O–H groups in total. The molecule has 3 nitrogen and oxygen atoms in total. The summed E-state index contributed by atoms with van der Waals surface area (Å²) < 4.78 is 13.9. The summed E-state index contributed by atoms with van der Waals surface area (Å²) in [5, 5.41) is 3.44. The van der Waals surface area contributed by atoms with Crippen LogP contribution in [0.25, 0.3) is 0 Å². The van der Waals surface area contributed by atoms with Crippen molar-refractivity contribution in [3.05, 3.63) is 45.5 Å². The second-order valence-electron chi connectivity index (χ2n) is 3.99. The highest BCUT2D eigenvalue weighted by Gasteiger charge is 2.06. The maximum absolute atomic E-state index is 13.2. The first-order valence-electron chi connectivity index (χ1n) is 5.84. The van der Waals surface area contributed by atoms with Crippen LogP contribution < -0.4 is 5.32 Å². The van der Waals surface area contributed by atoms with Crippen molar-refractivity contribution in [3.63, 3.8) is 0 Å². The second kappa shape index (κ2) is 6.30. The molecule has 1 aromatic carbocycles. The Hall–Kier alpha value is -1.20. The van der Waals surface area contributed by atoms with Crippen LogP contribution in [-0.2, 0) is 6.42 Å². The van der Waals surface area contributed by atoms with Gasteiger partial charge >= 0.3 is 0 Å². The van der Waals surface area contributed by atoms with Gasteiger partial charge in [-0.05, 0) is 40.5 Å². The maximum Gasteiger partial charge on any atom is 0.135 e. The molecule has 1 heterocycles. The fourth-order valence-corrected chi connectivity index (χ4v) is 2.18. The van der Waals surface area contributed by atoms with Crippen LogP contribution in [0, 0.1) is 5.82 Å². The van der Waals surface area contributed by atoms with E-state index in [4.69, 9.17) is 11.6 Å². The summed E-state index contributed by atoms with van der Waals surface area (Å²) in [7, 11) is 0. The SMILES string of the molecule is CCCc1nc(Br)cc(Nc2cc(F)ccc2Cl)n1. The third kappa shape index (κ3) is 3.88. The largest absolute Gasteiger partial charge is 0.339 e. The Morgan fingerprint density at radius 1 is 1.32 bits per heavy atom. The van der Waals surface area contributed by atoms with Crippen molar-refractivity contribution in [3.8, 4) is 0 Å². The average Bonchev–Trinajstić information content (AvgIpc) is 2.33. The molecule has 0 aliphatic heterocycles. The monoisotopic (exact) mass is 343 g/mol. The van der Waals surface area contributed by atoms with Gasteiger partial charge in [0.15, 0.2) is 0 Å². The molecule has 2 rings (SSSR count). The summed E-state index contributed by atoms with van der Waals surface area (Å²) in [6.07, 6.45) is 1.74. The Kier molecular flexibility index (Phi) is 4.71. The van der Waals surface area contributed by atoms with E-state index in [0.29, 0.717) is 21.1 Å². The molecule has 6 heteroatoms. The van der Waals surface area contributed by atoms with Gasteiger partial charge in [0, 0.05) is 12.5 Å². The van der Waals surface area contributed by atoms with Crippen molar-refractivity contribution in [2.24, 2.45) is 0 Å². The van der Waals surface area contributed by atoms with E-state index in [2.05, 4.69) is 38.1 Å². The Bertz CT molecular complexity index is 592. The van der Waals surface area contributed by atoms with Crippen molar-refractivity contribution in [1.29, 1.82) is 0 Å². The molecular formula is C13H12BrClFN3. The molecule has 0 fully saturated rings. The van der Waals surface area contributed by atoms with Gasteiger partial charge in [0.05, 0.1) is 10.7 Å². The van der Waals surface area contributed by atoms with Crippen LogP contribution in [0.3, 0.4) is 0 Å². The van der Waals surface area contributed by atoms with Gasteiger partial charge in [0.2, 0.25) is 0 Å². The third-order valence-electron chi connectivity index (χ3n) is 2.41. The summed E-state index contributed by atoms with van der Waals surface area (Å²) in [5.41, 5.74) is 0.481. The van der Waals surface area contributed by atoms with Crippen LogP contribution in [0.15, 0.2) is 28.9 Å². The van der Waals surface area contributed by atoms with Crippen LogP contribution in [0.2, 0.25) is 5.02 Å². The highest BCUT2D eigenvalue weighted by Crippen LogP contribution is 2.26. The number of hydrogen-bond donors (Lipinski definition) is 1. The van der Waals surface area contributed by atoms with Gasteiger partial charge in [-0.1, -0.05) is 18.5 Å². The maximum atomic E-state index is 13.2. The van der Waals surface area contributed by atoms with Gasteiger partial charge < -0.3 is 5.32 Å². The Balaban J connectivity index is 2.29. The van der Waals surface area contributed by atoms with Gasteiger partial charge in [-0.2, -0.15) is 0 Å².